The van der Waals surface area contributed by atoms with Gasteiger partial charge in [0.15, 0.2) is 5.78 Å². The summed E-state index contributed by atoms with van der Waals surface area (Å²) in [5.41, 5.74) is -0.153. The van der Waals surface area contributed by atoms with E-state index in [0.717, 1.165) is 0 Å². The highest BCUT2D eigenvalue weighted by Gasteiger charge is 2.22. The number of ketones is 1. The highest BCUT2D eigenvalue weighted by molar-refractivity contribution is 9.09. The molecule has 0 aliphatic heterocycles. The monoisotopic (exact) mass is 273 g/mol. The fourth-order valence-electron chi connectivity index (χ4n) is 1.23. The molecule has 0 saturated heterocycles. The van der Waals surface area contributed by atoms with Crippen LogP contribution in [0.1, 0.15) is 15.9 Å². The van der Waals surface area contributed by atoms with E-state index in [4.69, 9.17) is 5.11 Å². The average molecular weight is 274 g/mol. The number of carbonyl (C=O) groups excluding carboxylic acids is 1. The summed E-state index contributed by atoms with van der Waals surface area (Å²) < 4.78 is 0. The number of rotatable bonds is 4. The maximum Gasteiger partial charge on any atom is 0.285 e. The molecule has 1 aromatic rings. The summed E-state index contributed by atoms with van der Waals surface area (Å²) in [7, 11) is 0. The molecule has 0 aliphatic rings. The van der Waals surface area contributed by atoms with E-state index in [1.54, 1.807) is 0 Å². The van der Waals surface area contributed by atoms with Crippen molar-refractivity contribution in [3.05, 3.63) is 39.4 Å². The molecular formula is C9H8BrNO4. The van der Waals surface area contributed by atoms with E-state index in [2.05, 4.69) is 15.9 Å². The Morgan fingerprint density at radius 2 is 2.20 bits per heavy atom. The Morgan fingerprint density at radius 3 is 2.67 bits per heavy atom. The average Bonchev–Trinajstić information content (AvgIpc) is 2.26. The number of para-hydroxylation sites is 1. The topological polar surface area (TPSA) is 80.4 Å². The molecule has 5 nitrogen and oxygen atoms in total. The van der Waals surface area contributed by atoms with Crippen LogP contribution in [0.3, 0.4) is 0 Å². The van der Waals surface area contributed by atoms with Crippen LogP contribution in [0.15, 0.2) is 18.2 Å². The summed E-state index contributed by atoms with van der Waals surface area (Å²) in [4.78, 5) is 21.5. The summed E-state index contributed by atoms with van der Waals surface area (Å²) in [6, 6.07) is 4.30. The van der Waals surface area contributed by atoms with Crippen LogP contribution in [0.4, 0.5) is 5.69 Å². The summed E-state index contributed by atoms with van der Waals surface area (Å²) >= 11 is 2.95. The van der Waals surface area contributed by atoms with E-state index in [1.165, 1.54) is 18.2 Å². The fourth-order valence-corrected chi connectivity index (χ4v) is 1.53. The Morgan fingerprint density at radius 1 is 1.53 bits per heavy atom. The first kappa shape index (κ1) is 11.8. The van der Waals surface area contributed by atoms with Gasteiger partial charge in [0.1, 0.15) is 0 Å². The first-order chi connectivity index (χ1) is 7.11. The molecule has 0 radical (unpaired) electrons. The lowest BCUT2D eigenvalue weighted by atomic mass is 10.1. The molecule has 0 amide bonds. The van der Waals surface area contributed by atoms with Gasteiger partial charge in [0.2, 0.25) is 0 Å². The predicted octanol–water partition coefficient (Wildman–Crippen LogP) is 1.66. The minimum atomic E-state index is -0.651. The predicted molar refractivity (Wildman–Crippen MR) is 57.1 cm³/mol. The molecule has 0 bridgehead atoms. The van der Waals surface area contributed by atoms with Crippen molar-refractivity contribution in [1.29, 1.82) is 0 Å². The molecule has 80 valence electrons. The lowest BCUT2D eigenvalue weighted by Gasteiger charge is -2.03. The number of aliphatic hydroxyl groups is 1. The lowest BCUT2D eigenvalue weighted by Crippen LogP contribution is -2.07. The number of nitro groups is 1. The van der Waals surface area contributed by atoms with Crippen molar-refractivity contribution < 1.29 is 14.8 Å². The van der Waals surface area contributed by atoms with Crippen molar-refractivity contribution in [2.75, 3.05) is 5.33 Å². The first-order valence-corrected chi connectivity index (χ1v) is 5.20. The Kier molecular flexibility index (Phi) is 3.93. The number of nitro benzene ring substituents is 1. The summed E-state index contributed by atoms with van der Waals surface area (Å²) in [5, 5.41) is 19.7. The number of halogens is 1. The molecule has 0 aliphatic carbocycles. The standard InChI is InChI=1S/C9H8BrNO4/c10-4-8(13)7-3-1-2-6(5-12)9(7)11(14)15/h1-3,12H,4-5H2. The summed E-state index contributed by atoms with van der Waals surface area (Å²) in [6.45, 7) is -0.459. The number of nitrogens with zero attached hydrogens (tertiary/aromatic N) is 1. The summed E-state index contributed by atoms with van der Waals surface area (Å²) in [6.07, 6.45) is 0. The summed E-state index contributed by atoms with van der Waals surface area (Å²) in [5.74, 6) is -0.378. The van der Waals surface area contributed by atoms with E-state index in [-0.39, 0.29) is 27.9 Å². The van der Waals surface area contributed by atoms with Crippen LogP contribution in [0.5, 0.6) is 0 Å². The van der Waals surface area contributed by atoms with Crippen LogP contribution in [0, 0.1) is 10.1 Å². The first-order valence-electron chi connectivity index (χ1n) is 4.08. The molecule has 1 rings (SSSR count). The Balaban J connectivity index is 3.38. The van der Waals surface area contributed by atoms with E-state index >= 15 is 0 Å². The molecule has 0 heterocycles. The molecule has 0 atom stereocenters. The highest BCUT2D eigenvalue weighted by Crippen LogP contribution is 2.24. The Bertz CT molecular complexity index is 405. The molecule has 1 aromatic carbocycles. The van der Waals surface area contributed by atoms with Gasteiger partial charge in [-0.2, -0.15) is 0 Å². The van der Waals surface area contributed by atoms with Crippen LogP contribution in [0.2, 0.25) is 0 Å². The third kappa shape index (κ3) is 2.40. The second-order valence-corrected chi connectivity index (χ2v) is 3.35. The van der Waals surface area contributed by atoms with E-state index in [0.29, 0.717) is 0 Å². The number of carbonyl (C=O) groups is 1. The quantitative estimate of drug-likeness (QED) is 0.392. The molecule has 15 heavy (non-hydrogen) atoms. The Hall–Kier alpha value is -1.27. The second-order valence-electron chi connectivity index (χ2n) is 2.79. The van der Waals surface area contributed by atoms with Gasteiger partial charge >= 0.3 is 0 Å². The van der Waals surface area contributed by atoms with Crippen molar-refractivity contribution in [3.8, 4) is 0 Å². The van der Waals surface area contributed by atoms with Crippen LogP contribution < -0.4 is 0 Å². The van der Waals surface area contributed by atoms with Crippen LogP contribution >= 0.6 is 15.9 Å². The van der Waals surface area contributed by atoms with Gasteiger partial charge in [-0.05, 0) is 12.1 Å². The minimum Gasteiger partial charge on any atom is -0.391 e. The zero-order valence-electron chi connectivity index (χ0n) is 7.64. The number of benzene rings is 1. The van der Waals surface area contributed by atoms with Crippen molar-refractivity contribution in [3.63, 3.8) is 0 Å². The van der Waals surface area contributed by atoms with Gasteiger partial charge in [0.05, 0.1) is 28.0 Å². The smallest absolute Gasteiger partial charge is 0.285 e. The number of alkyl halides is 1. The molecule has 0 fully saturated rings. The fraction of sp³-hybridized carbons (Fsp3) is 0.222. The van der Waals surface area contributed by atoms with Gasteiger partial charge in [-0.1, -0.05) is 22.0 Å². The molecule has 1 N–H and O–H groups in total. The normalized spacial score (nSPS) is 10.0. The minimum absolute atomic E-state index is 0.0166. The van der Waals surface area contributed by atoms with Crippen molar-refractivity contribution >= 4 is 27.4 Å². The second kappa shape index (κ2) is 4.99. The van der Waals surface area contributed by atoms with E-state index in [9.17, 15) is 14.9 Å². The maximum atomic E-state index is 11.4. The third-order valence-electron chi connectivity index (χ3n) is 1.89. The molecular weight excluding hydrogens is 266 g/mol. The third-order valence-corrected chi connectivity index (χ3v) is 2.40. The van der Waals surface area contributed by atoms with Crippen LogP contribution in [-0.2, 0) is 6.61 Å². The SMILES string of the molecule is O=C(CBr)c1cccc(CO)c1[N+](=O)[O-]. The molecule has 6 heteroatoms. The van der Waals surface area contributed by atoms with Gasteiger partial charge in [-0.25, -0.2) is 0 Å². The van der Waals surface area contributed by atoms with Crippen LogP contribution in [-0.4, -0.2) is 21.1 Å². The van der Waals surface area contributed by atoms with Gasteiger partial charge in [0, 0.05) is 0 Å². The van der Waals surface area contributed by atoms with Gasteiger partial charge in [0.25, 0.3) is 5.69 Å². The van der Waals surface area contributed by atoms with E-state index < -0.39 is 11.5 Å². The number of hydrogen-bond donors (Lipinski definition) is 1. The van der Waals surface area contributed by atoms with Gasteiger partial charge in [-0.3, -0.25) is 14.9 Å². The number of hydrogen-bond acceptors (Lipinski definition) is 4. The van der Waals surface area contributed by atoms with Crippen molar-refractivity contribution in [2.24, 2.45) is 0 Å². The zero-order chi connectivity index (χ0) is 11.4. The Labute approximate surface area is 94.0 Å². The molecule has 0 saturated carbocycles. The van der Waals surface area contributed by atoms with Gasteiger partial charge in [-0.15, -0.1) is 0 Å². The molecule has 0 aromatic heterocycles. The van der Waals surface area contributed by atoms with E-state index in [1.807, 2.05) is 0 Å². The largest absolute Gasteiger partial charge is 0.391 e. The van der Waals surface area contributed by atoms with Crippen molar-refractivity contribution in [2.45, 2.75) is 6.61 Å². The highest BCUT2D eigenvalue weighted by atomic mass is 79.9. The van der Waals surface area contributed by atoms with Gasteiger partial charge < -0.3 is 5.11 Å². The zero-order valence-corrected chi connectivity index (χ0v) is 9.23. The van der Waals surface area contributed by atoms with Crippen LogP contribution in [0.25, 0.3) is 0 Å². The number of aliphatic hydroxyl groups excluding tert-OH is 1. The number of Topliss-reactive ketones (excluding diaryl/α,β-unsaturated/α-hetero) is 1. The maximum absolute atomic E-state index is 11.4. The lowest BCUT2D eigenvalue weighted by molar-refractivity contribution is -0.386. The van der Waals surface area contributed by atoms with Crippen molar-refractivity contribution in [1.82, 2.24) is 0 Å². The molecule has 0 spiro atoms. The molecule has 0 unspecified atom stereocenters.